The molecular formula is C44H57Fm2N5O19P2S. The number of hydrogen-bond donors (Lipinski definition) is 6. The Morgan fingerprint density at radius 1 is 0.877 bits per heavy atom. The molecule has 1 saturated heterocycles. The maximum Gasteiger partial charge on any atom is 0.530 e. The van der Waals surface area contributed by atoms with Crippen LogP contribution < -0.4 is 25.2 Å². The van der Waals surface area contributed by atoms with Crippen LogP contribution in [-0.2, 0) is 64.4 Å². The zero-order valence-corrected chi connectivity index (χ0v) is 47.5. The number of methoxy groups -OCH3 is 1. The van der Waals surface area contributed by atoms with Gasteiger partial charge in [-0.1, -0.05) is 50.2 Å². The van der Waals surface area contributed by atoms with E-state index in [4.69, 9.17) is 37.6 Å². The zero-order valence-electron chi connectivity index (χ0n) is 40.1. The molecule has 0 radical (unpaired) electrons. The quantitative estimate of drug-likeness (QED) is 0.0528. The first-order valence-corrected chi connectivity index (χ1v) is 26.0. The fraction of sp³-hybridized carbons (Fsp3) is 0.432. The molecular weight excluding hydrogens is 1510 g/mol. The smallest absolute Gasteiger partial charge is 0.497 e. The van der Waals surface area contributed by atoms with Gasteiger partial charge in [-0.3, -0.25) is 28.0 Å². The topological polar surface area (TPSA) is 321 Å². The number of aliphatic carboxylic acids is 1. The summed E-state index contributed by atoms with van der Waals surface area (Å²) < 4.78 is 60.9. The van der Waals surface area contributed by atoms with Crippen molar-refractivity contribution < 1.29 is 89.9 Å². The Kier molecular flexibility index (Phi) is 23.5. The van der Waals surface area contributed by atoms with E-state index in [2.05, 4.69) is 20.5 Å². The predicted molar refractivity (Wildman–Crippen MR) is 254 cm³/mol. The monoisotopic (exact) mass is 1570 g/mol. The minimum Gasteiger partial charge on any atom is -0.497 e. The van der Waals surface area contributed by atoms with E-state index in [1.54, 1.807) is 50.4 Å². The van der Waals surface area contributed by atoms with Crippen molar-refractivity contribution in [3.05, 3.63) is 89.5 Å². The van der Waals surface area contributed by atoms with E-state index in [9.17, 15) is 47.8 Å². The van der Waals surface area contributed by atoms with Crippen LogP contribution in [-0.4, -0.2) is 144 Å². The number of carboxylic acid groups (broad SMARTS) is 1. The van der Waals surface area contributed by atoms with E-state index < -0.39 is 119 Å². The number of thioether (sulfide) groups is 1. The number of phosphoric ester groups is 2. The summed E-state index contributed by atoms with van der Waals surface area (Å²) in [4.78, 5) is 115. The number of imide groups is 1. The van der Waals surface area contributed by atoms with Crippen molar-refractivity contribution in [3.63, 3.8) is 0 Å². The summed E-state index contributed by atoms with van der Waals surface area (Å²) in [5.41, 5.74) is 0.337. The molecule has 3 aromatic carbocycles. The van der Waals surface area contributed by atoms with Gasteiger partial charge in [-0.15, -0.1) is 0 Å². The van der Waals surface area contributed by atoms with Crippen LogP contribution in [0, 0.1) is 5.92 Å². The van der Waals surface area contributed by atoms with E-state index in [1.807, 2.05) is 0 Å². The van der Waals surface area contributed by atoms with E-state index in [1.165, 1.54) is 63.3 Å². The second kappa shape index (κ2) is 28.1. The summed E-state index contributed by atoms with van der Waals surface area (Å²) in [6.45, 7) is 0.782. The number of amides is 6. The number of anilines is 1. The Balaban J connectivity index is 0.00000913. The minimum atomic E-state index is -4.98. The first-order chi connectivity index (χ1) is 33.5. The van der Waals surface area contributed by atoms with Crippen LogP contribution in [0.2, 0.25) is 0 Å². The van der Waals surface area contributed by atoms with Crippen LogP contribution >= 0.6 is 27.4 Å². The van der Waals surface area contributed by atoms with Gasteiger partial charge in [0.15, 0.2) is 6.61 Å². The van der Waals surface area contributed by atoms with Crippen molar-refractivity contribution in [3.8, 4) is 11.5 Å². The number of urea groups is 1. The molecule has 1 aliphatic rings. The fourth-order valence-corrected chi connectivity index (χ4v) is 8.67. The third kappa shape index (κ3) is 19.2. The van der Waals surface area contributed by atoms with E-state index in [-0.39, 0.29) is 42.2 Å². The van der Waals surface area contributed by atoms with Crippen molar-refractivity contribution in [2.24, 2.45) is 5.92 Å². The molecule has 0 aromatic heterocycles. The second-order valence-corrected chi connectivity index (χ2v) is 20.0. The molecule has 29 heteroatoms. The van der Waals surface area contributed by atoms with E-state index in [0.29, 0.717) is 16.2 Å². The zero-order chi connectivity index (χ0) is 52.5. The van der Waals surface area contributed by atoms with Crippen molar-refractivity contribution in [2.75, 3.05) is 58.4 Å². The summed E-state index contributed by atoms with van der Waals surface area (Å²) in [5.74, 6) is -4.98. The van der Waals surface area contributed by atoms with Gasteiger partial charge in [-0.25, -0.2) is 33.2 Å². The van der Waals surface area contributed by atoms with E-state index in [0.717, 1.165) is 17.0 Å². The molecule has 1 aliphatic heterocycles. The Bertz CT molecular complexity index is 2440. The molecule has 6 amide bonds. The summed E-state index contributed by atoms with van der Waals surface area (Å²) in [6, 6.07) is 12.5. The van der Waals surface area contributed by atoms with Crippen molar-refractivity contribution >= 4 is 74.9 Å². The van der Waals surface area contributed by atoms with Gasteiger partial charge < -0.3 is 54.5 Å². The normalized spacial score (nSPS) is 16.4. The number of benzene rings is 3. The van der Waals surface area contributed by atoms with Crippen LogP contribution in [0.15, 0.2) is 72.8 Å². The molecule has 0 aliphatic carbocycles. The number of carboxylic acids is 1. The van der Waals surface area contributed by atoms with Crippen molar-refractivity contribution in [1.82, 2.24) is 20.4 Å². The van der Waals surface area contributed by atoms with Gasteiger partial charge in [-0.2, -0.15) is 11.8 Å². The van der Waals surface area contributed by atoms with Crippen molar-refractivity contribution in [2.45, 2.75) is 63.9 Å². The molecule has 412 valence electrons. The number of esters is 1. The van der Waals surface area contributed by atoms with Crippen LogP contribution in [0.4, 0.5) is 15.3 Å². The molecule has 1 fully saturated rings. The Morgan fingerprint density at radius 3 is 2.07 bits per heavy atom. The number of nitrogens with zero attached hydrogens (tertiary/aromatic N) is 2. The van der Waals surface area contributed by atoms with Crippen LogP contribution in [0.1, 0.15) is 48.2 Å². The first-order valence-electron chi connectivity index (χ1n) is 21.6. The number of ether oxygens (including phenoxy) is 3. The molecule has 3 aromatic rings. The molecule has 24 nitrogen and oxygen atoms in total. The number of rotatable bonds is 24. The number of nitrogens with one attached hydrogen (secondary N) is 3. The van der Waals surface area contributed by atoms with Gasteiger partial charge in [-0.05, 0) is 78.3 Å². The maximum atomic E-state index is 14.5. The number of carbonyl (C=O) groups is 7. The Labute approximate surface area is 413 Å². The Morgan fingerprint density at radius 2 is 1.51 bits per heavy atom. The minimum absolute atomic E-state index is 0. The van der Waals surface area contributed by atoms with Gasteiger partial charge in [0.25, 0.3) is 5.91 Å². The SMILES string of the molecule is COc1ccc(NC(=O)N(C(=O)OCc2ccc(OP3(=O)OCC(OP(=O)(O)O)CO3)c(C(=O)OCC(=O)N(C)C)c2)C(CCSC)C(=O)NC(CC(C)C)C(=O)NC(Cc2ccccc2)C(=O)O)cc1.[Fm].[Fm]. The standard InChI is InChI=1S/C44H57N5O19P2S.2Fm/c1-27(2)20-34(39(51)47-35(41(53)54)22-28-10-8-7-9-11-28)46-40(52)36(18-19-71-6)49(43(56)45-30-13-15-31(62-5)16-14-30)44(57)64-23-29-12-17-37(33(21-29)42(55)63-26-38(50)48(3)4)68-70(61)65-24-32(25-66-70)67-69(58,59)60;;/h7-17,21,27,32,34-36H,18-20,22-26H2,1-6H3,(H,45,56)(H,46,52)(H,47,51)(H,53,54)(H2,58,59,60);;. The second-order valence-electron chi connectivity index (χ2n) is 16.2. The Hall–Kier alpha value is -8.04. The van der Waals surface area contributed by atoms with Gasteiger partial charge in [0.1, 0.15) is 47.9 Å². The van der Waals surface area contributed by atoms with Crippen LogP contribution in [0.3, 0.4) is 0 Å². The molecule has 3 unspecified atom stereocenters. The van der Waals surface area contributed by atoms with Crippen LogP contribution in [0.5, 0.6) is 11.5 Å². The molecule has 6 N–H and O–H groups in total. The molecule has 3 atom stereocenters. The largest absolute Gasteiger partial charge is 0.530 e. The number of phosphoric acid groups is 2. The fourth-order valence-electron chi connectivity index (χ4n) is 6.43. The number of hydrogen-bond acceptors (Lipinski definition) is 17. The van der Waals surface area contributed by atoms with E-state index >= 15 is 0 Å². The molecule has 0 bridgehead atoms. The summed E-state index contributed by atoms with van der Waals surface area (Å²) >= 11 is 1.28. The third-order valence-corrected chi connectivity index (χ3v) is 12.6. The molecule has 73 heavy (non-hydrogen) atoms. The number of carbonyl (C=O) groups excluding carboxylic acids is 6. The van der Waals surface area contributed by atoms with Gasteiger partial charge in [0.2, 0.25) is 11.8 Å². The van der Waals surface area contributed by atoms with Gasteiger partial charge >= 0.3 is 39.7 Å². The summed E-state index contributed by atoms with van der Waals surface area (Å²) in [6.07, 6.45) is -1.20. The van der Waals surface area contributed by atoms with Crippen LogP contribution in [0.25, 0.3) is 0 Å². The van der Waals surface area contributed by atoms with Crippen molar-refractivity contribution in [1.29, 1.82) is 0 Å². The number of likely N-dealkylation sites (N-methyl/N-ethyl adjacent to an activating group) is 1. The molecule has 0 saturated carbocycles. The first kappa shape index (κ1) is 61.1. The summed E-state index contributed by atoms with van der Waals surface area (Å²) in [5, 5.41) is 17.7. The molecule has 0 spiro atoms. The summed E-state index contributed by atoms with van der Waals surface area (Å²) in [7, 11) is -5.32. The maximum absolute atomic E-state index is 14.5. The average molecular weight is 1570 g/mol. The predicted octanol–water partition coefficient (Wildman–Crippen LogP) is 4.59. The molecule has 1 heterocycles. The molecule has 4 rings (SSSR count). The van der Waals surface area contributed by atoms with Gasteiger partial charge in [0, 0.05) is 26.2 Å². The third-order valence-electron chi connectivity index (χ3n) is 9.99. The average Bonchev–Trinajstić information content (AvgIpc) is 3.31. The van der Waals surface area contributed by atoms with Gasteiger partial charge in [0.05, 0.1) is 20.3 Å².